The molecular weight excluding hydrogens is 288 g/mol. The number of rotatable bonds is 8. The average Bonchev–Trinajstić information content (AvgIpc) is 3.02. The van der Waals surface area contributed by atoms with E-state index in [0.29, 0.717) is 12.6 Å². The minimum Gasteiger partial charge on any atom is -0.378 e. The average molecular weight is 318 g/mol. The number of carbonyl (C=O) groups excluding carboxylic acids is 1. The first-order valence-electron chi connectivity index (χ1n) is 8.70. The fraction of sp³-hybridized carbons (Fsp3) is 0.632. The van der Waals surface area contributed by atoms with Gasteiger partial charge in [0.15, 0.2) is 0 Å². The van der Waals surface area contributed by atoms with Gasteiger partial charge in [-0.1, -0.05) is 42.7 Å². The lowest BCUT2D eigenvalue weighted by atomic mass is 10.0. The van der Waals surface area contributed by atoms with Gasteiger partial charge in [0.05, 0.1) is 6.10 Å². The molecule has 1 N–H and O–H groups in total. The summed E-state index contributed by atoms with van der Waals surface area (Å²) in [5.41, 5.74) is 2.23. The first-order valence-corrected chi connectivity index (χ1v) is 8.70. The van der Waals surface area contributed by atoms with Crippen molar-refractivity contribution in [3.63, 3.8) is 0 Å². The molecule has 0 aromatic heterocycles. The molecule has 23 heavy (non-hydrogen) atoms. The van der Waals surface area contributed by atoms with Crippen LogP contribution in [0.4, 0.5) is 0 Å². The maximum Gasteiger partial charge on any atom is 0.241 e. The molecule has 1 aromatic carbocycles. The predicted molar refractivity (Wildman–Crippen MR) is 93.4 cm³/mol. The number of hydrogen-bond acceptors (Lipinski definition) is 3. The quantitative estimate of drug-likeness (QED) is 0.749. The van der Waals surface area contributed by atoms with Gasteiger partial charge < -0.3 is 10.1 Å². The molecule has 1 aliphatic rings. The predicted octanol–water partition coefficient (Wildman–Crippen LogP) is 3.06. The Hall–Kier alpha value is -1.39. The number of carbonyl (C=O) groups is 1. The molecule has 1 aromatic rings. The van der Waals surface area contributed by atoms with Gasteiger partial charge in [0.2, 0.25) is 5.91 Å². The maximum absolute atomic E-state index is 12.5. The van der Waals surface area contributed by atoms with E-state index in [0.717, 1.165) is 18.6 Å². The van der Waals surface area contributed by atoms with Crippen LogP contribution in [0.1, 0.15) is 49.3 Å². The van der Waals surface area contributed by atoms with Crippen LogP contribution in [-0.4, -0.2) is 44.2 Å². The number of hydrogen-bond donors (Lipinski definition) is 1. The number of nitrogens with zero attached hydrogens (tertiary/aromatic N) is 1. The fourth-order valence-electron chi connectivity index (χ4n) is 3.12. The Labute approximate surface area is 140 Å². The molecule has 0 heterocycles. The minimum absolute atomic E-state index is 0.0553. The summed E-state index contributed by atoms with van der Waals surface area (Å²) in [6.07, 6.45) is 6.31. The van der Waals surface area contributed by atoms with Crippen molar-refractivity contribution >= 4 is 5.91 Å². The molecule has 0 spiro atoms. The molecule has 2 rings (SSSR count). The molecular formula is C19H30N2O2. The van der Waals surface area contributed by atoms with Crippen molar-refractivity contribution in [3.8, 4) is 0 Å². The highest BCUT2D eigenvalue weighted by molar-refractivity contribution is 5.83. The van der Waals surface area contributed by atoms with Crippen molar-refractivity contribution in [2.24, 2.45) is 0 Å². The molecule has 0 aliphatic heterocycles. The summed E-state index contributed by atoms with van der Waals surface area (Å²) in [5, 5.41) is 3.04. The standard InChI is InChI=1S/C19H30N2O2/c1-15-9-11-16(12-10-15)18(21(2)3)19(22)20-13-6-14-23-17-7-4-5-8-17/h9-12,17-18H,4-8,13-14H2,1-3H3,(H,20,22)/t18-/m0/s1. The van der Waals surface area contributed by atoms with E-state index in [1.54, 1.807) is 0 Å². The van der Waals surface area contributed by atoms with E-state index in [1.165, 1.54) is 31.2 Å². The molecule has 128 valence electrons. The molecule has 0 saturated heterocycles. The van der Waals surface area contributed by atoms with Crippen LogP contribution in [0.25, 0.3) is 0 Å². The molecule has 0 radical (unpaired) electrons. The molecule has 4 nitrogen and oxygen atoms in total. The topological polar surface area (TPSA) is 41.6 Å². The van der Waals surface area contributed by atoms with E-state index in [4.69, 9.17) is 4.74 Å². The minimum atomic E-state index is -0.244. The zero-order valence-electron chi connectivity index (χ0n) is 14.7. The number of ether oxygens (including phenoxy) is 1. The molecule has 0 bridgehead atoms. The third-order valence-corrected chi connectivity index (χ3v) is 4.43. The Morgan fingerprint density at radius 1 is 1.26 bits per heavy atom. The SMILES string of the molecule is Cc1ccc([C@@H](C(=O)NCCCOC2CCCC2)N(C)C)cc1. The van der Waals surface area contributed by atoms with Crippen LogP contribution in [0.3, 0.4) is 0 Å². The normalized spacial score (nSPS) is 16.7. The molecule has 1 aliphatic carbocycles. The van der Waals surface area contributed by atoms with Crippen LogP contribution in [0.5, 0.6) is 0 Å². The Bertz CT molecular complexity index is 479. The van der Waals surface area contributed by atoms with E-state index < -0.39 is 0 Å². The Morgan fingerprint density at radius 3 is 2.52 bits per heavy atom. The van der Waals surface area contributed by atoms with E-state index in [2.05, 4.69) is 24.4 Å². The lowest BCUT2D eigenvalue weighted by Crippen LogP contribution is -2.37. The highest BCUT2D eigenvalue weighted by Crippen LogP contribution is 2.21. The maximum atomic E-state index is 12.5. The lowest BCUT2D eigenvalue weighted by molar-refractivity contribution is -0.125. The zero-order chi connectivity index (χ0) is 16.7. The third kappa shape index (κ3) is 5.63. The smallest absolute Gasteiger partial charge is 0.241 e. The Morgan fingerprint density at radius 2 is 1.91 bits per heavy atom. The highest BCUT2D eigenvalue weighted by atomic mass is 16.5. The number of aryl methyl sites for hydroxylation is 1. The van der Waals surface area contributed by atoms with Gasteiger partial charge in [-0.05, 0) is 45.8 Å². The van der Waals surface area contributed by atoms with Gasteiger partial charge in [0.25, 0.3) is 0 Å². The summed E-state index contributed by atoms with van der Waals surface area (Å²) in [6.45, 7) is 3.46. The molecule has 1 fully saturated rings. The second-order valence-electron chi connectivity index (χ2n) is 6.70. The molecule has 1 atom stereocenters. The van der Waals surface area contributed by atoms with Crippen LogP contribution in [0.15, 0.2) is 24.3 Å². The second-order valence-corrected chi connectivity index (χ2v) is 6.70. The van der Waals surface area contributed by atoms with Gasteiger partial charge in [0, 0.05) is 13.2 Å². The van der Waals surface area contributed by atoms with Gasteiger partial charge >= 0.3 is 0 Å². The molecule has 4 heteroatoms. The van der Waals surface area contributed by atoms with E-state index in [-0.39, 0.29) is 11.9 Å². The summed E-state index contributed by atoms with van der Waals surface area (Å²) in [7, 11) is 3.88. The van der Waals surface area contributed by atoms with E-state index in [1.807, 2.05) is 31.1 Å². The number of benzene rings is 1. The highest BCUT2D eigenvalue weighted by Gasteiger charge is 2.22. The summed E-state index contributed by atoms with van der Waals surface area (Å²) < 4.78 is 5.83. The zero-order valence-corrected chi connectivity index (χ0v) is 14.7. The number of amides is 1. The van der Waals surface area contributed by atoms with Crippen LogP contribution in [0, 0.1) is 6.92 Å². The van der Waals surface area contributed by atoms with Crippen LogP contribution < -0.4 is 5.32 Å². The summed E-state index contributed by atoms with van der Waals surface area (Å²) in [5.74, 6) is 0.0553. The molecule has 0 unspecified atom stereocenters. The monoisotopic (exact) mass is 318 g/mol. The van der Waals surface area contributed by atoms with Crippen molar-refractivity contribution in [3.05, 3.63) is 35.4 Å². The van der Waals surface area contributed by atoms with E-state index in [9.17, 15) is 4.79 Å². The van der Waals surface area contributed by atoms with Crippen molar-refractivity contribution < 1.29 is 9.53 Å². The largest absolute Gasteiger partial charge is 0.378 e. The first kappa shape index (κ1) is 18.0. The molecule has 1 amide bonds. The van der Waals surface area contributed by atoms with Crippen molar-refractivity contribution in [1.29, 1.82) is 0 Å². The summed E-state index contributed by atoms with van der Waals surface area (Å²) in [6, 6.07) is 7.92. The Kier molecular flexibility index (Phi) is 7.06. The molecule has 1 saturated carbocycles. The van der Waals surface area contributed by atoms with Crippen LogP contribution in [0.2, 0.25) is 0 Å². The number of nitrogens with one attached hydrogen (secondary N) is 1. The summed E-state index contributed by atoms with van der Waals surface area (Å²) in [4.78, 5) is 14.4. The van der Waals surface area contributed by atoms with Crippen molar-refractivity contribution in [2.45, 2.75) is 51.2 Å². The van der Waals surface area contributed by atoms with Crippen molar-refractivity contribution in [1.82, 2.24) is 10.2 Å². The first-order chi connectivity index (χ1) is 11.1. The van der Waals surface area contributed by atoms with Gasteiger partial charge in [-0.15, -0.1) is 0 Å². The van der Waals surface area contributed by atoms with Gasteiger partial charge in [-0.2, -0.15) is 0 Å². The van der Waals surface area contributed by atoms with Crippen LogP contribution in [-0.2, 0) is 9.53 Å². The third-order valence-electron chi connectivity index (χ3n) is 4.43. The Balaban J connectivity index is 1.75. The van der Waals surface area contributed by atoms with Gasteiger partial charge in [-0.3, -0.25) is 9.69 Å². The van der Waals surface area contributed by atoms with Gasteiger partial charge in [-0.25, -0.2) is 0 Å². The van der Waals surface area contributed by atoms with E-state index >= 15 is 0 Å². The van der Waals surface area contributed by atoms with Gasteiger partial charge in [0.1, 0.15) is 6.04 Å². The van der Waals surface area contributed by atoms with Crippen LogP contribution >= 0.6 is 0 Å². The second kappa shape index (κ2) is 9.04. The summed E-state index contributed by atoms with van der Waals surface area (Å²) >= 11 is 0. The lowest BCUT2D eigenvalue weighted by Gasteiger charge is -2.24. The van der Waals surface area contributed by atoms with Crippen molar-refractivity contribution in [2.75, 3.05) is 27.2 Å². The fourth-order valence-corrected chi connectivity index (χ4v) is 3.12. The number of likely N-dealkylation sites (N-methyl/N-ethyl adjacent to an activating group) is 1.